The van der Waals surface area contributed by atoms with Crippen LogP contribution in [0, 0.1) is 0 Å². The number of halogens is 1. The smallest absolute Gasteiger partial charge is 0.132 e. The Labute approximate surface area is 112 Å². The molecule has 0 bridgehead atoms. The maximum atomic E-state index is 5.82. The van der Waals surface area contributed by atoms with Gasteiger partial charge in [-0.05, 0) is 50.2 Å². The van der Waals surface area contributed by atoms with Crippen molar-refractivity contribution < 1.29 is 4.74 Å². The molecule has 0 aliphatic heterocycles. The first-order chi connectivity index (χ1) is 8.63. The number of nitrogens with one attached hydrogen (secondary N) is 1. The van der Waals surface area contributed by atoms with Gasteiger partial charge in [-0.2, -0.15) is 0 Å². The van der Waals surface area contributed by atoms with Crippen molar-refractivity contribution in [2.75, 3.05) is 5.32 Å². The summed E-state index contributed by atoms with van der Waals surface area (Å²) in [4.78, 5) is 4.16. The van der Waals surface area contributed by atoms with Crippen LogP contribution >= 0.6 is 11.6 Å². The van der Waals surface area contributed by atoms with Gasteiger partial charge in [0.25, 0.3) is 0 Å². The highest BCUT2D eigenvalue weighted by Crippen LogP contribution is 2.20. The molecule has 0 unspecified atom stereocenters. The summed E-state index contributed by atoms with van der Waals surface area (Å²) in [6, 6.07) is 13.2. The van der Waals surface area contributed by atoms with Crippen LogP contribution in [0.5, 0.6) is 5.75 Å². The van der Waals surface area contributed by atoms with Gasteiger partial charge in [-0.1, -0.05) is 17.7 Å². The van der Waals surface area contributed by atoms with Crippen molar-refractivity contribution in [1.29, 1.82) is 0 Å². The molecule has 0 aliphatic rings. The van der Waals surface area contributed by atoms with E-state index in [4.69, 9.17) is 16.3 Å². The highest BCUT2D eigenvalue weighted by Gasteiger charge is 1.99. The van der Waals surface area contributed by atoms with E-state index in [9.17, 15) is 0 Å². The monoisotopic (exact) mass is 262 g/mol. The zero-order valence-corrected chi connectivity index (χ0v) is 11.1. The lowest BCUT2D eigenvalue weighted by molar-refractivity contribution is 0.242. The van der Waals surface area contributed by atoms with E-state index in [1.54, 1.807) is 6.07 Å². The fraction of sp³-hybridized carbons (Fsp3) is 0.214. The molecule has 3 nitrogen and oxygen atoms in total. The molecular formula is C14H15ClN2O. The number of nitrogens with zero attached hydrogens (tertiary/aromatic N) is 1. The molecule has 0 saturated heterocycles. The summed E-state index contributed by atoms with van der Waals surface area (Å²) >= 11 is 5.82. The zero-order chi connectivity index (χ0) is 13.0. The molecule has 1 heterocycles. The Morgan fingerprint density at radius 1 is 1.11 bits per heavy atom. The third-order valence-electron chi connectivity index (χ3n) is 2.21. The molecule has 0 fully saturated rings. The predicted octanol–water partition coefficient (Wildman–Crippen LogP) is 4.27. The summed E-state index contributed by atoms with van der Waals surface area (Å²) in [5, 5.41) is 3.65. The van der Waals surface area contributed by atoms with Crippen molar-refractivity contribution in [3.63, 3.8) is 0 Å². The van der Waals surface area contributed by atoms with E-state index in [1.807, 2.05) is 50.2 Å². The van der Waals surface area contributed by atoms with Crippen molar-refractivity contribution in [3.05, 3.63) is 47.6 Å². The maximum absolute atomic E-state index is 5.82. The number of rotatable bonds is 4. The average Bonchev–Trinajstić information content (AvgIpc) is 2.31. The summed E-state index contributed by atoms with van der Waals surface area (Å²) in [5.74, 6) is 1.58. The van der Waals surface area contributed by atoms with Crippen LogP contribution in [0.4, 0.5) is 11.5 Å². The fourth-order valence-corrected chi connectivity index (χ4v) is 1.68. The quantitative estimate of drug-likeness (QED) is 0.836. The van der Waals surface area contributed by atoms with Crippen LogP contribution in [0.15, 0.2) is 42.5 Å². The third-order valence-corrected chi connectivity index (χ3v) is 2.42. The summed E-state index contributed by atoms with van der Waals surface area (Å²) in [5.41, 5.74) is 0.945. The second kappa shape index (κ2) is 5.74. The maximum Gasteiger partial charge on any atom is 0.132 e. The SMILES string of the molecule is CC(C)Oc1ccc(Nc2cccc(Cl)n2)cc1. The summed E-state index contributed by atoms with van der Waals surface area (Å²) < 4.78 is 5.57. The van der Waals surface area contributed by atoms with E-state index in [0.29, 0.717) is 5.15 Å². The van der Waals surface area contributed by atoms with Gasteiger partial charge in [-0.15, -0.1) is 0 Å². The number of aromatic nitrogens is 1. The number of ether oxygens (including phenoxy) is 1. The number of anilines is 2. The molecule has 2 aromatic rings. The molecule has 0 spiro atoms. The first-order valence-corrected chi connectivity index (χ1v) is 6.17. The standard InChI is InChI=1S/C14H15ClN2O/c1-10(2)18-12-8-6-11(7-9-12)16-14-5-3-4-13(15)17-14/h3-10H,1-2H3,(H,16,17). The molecule has 0 aliphatic carbocycles. The fourth-order valence-electron chi connectivity index (χ4n) is 1.51. The normalized spacial score (nSPS) is 10.4. The molecule has 94 valence electrons. The van der Waals surface area contributed by atoms with Crippen LogP contribution in [0.2, 0.25) is 5.15 Å². The second-order valence-electron chi connectivity index (χ2n) is 4.16. The first-order valence-electron chi connectivity index (χ1n) is 5.80. The van der Waals surface area contributed by atoms with Crippen LogP contribution < -0.4 is 10.1 Å². The van der Waals surface area contributed by atoms with Gasteiger partial charge >= 0.3 is 0 Å². The Hall–Kier alpha value is -1.74. The van der Waals surface area contributed by atoms with Crippen molar-refractivity contribution in [1.82, 2.24) is 4.98 Å². The lowest BCUT2D eigenvalue weighted by Gasteiger charge is -2.10. The Kier molecular flexibility index (Phi) is 4.05. The third kappa shape index (κ3) is 3.64. The number of pyridine rings is 1. The Morgan fingerprint density at radius 2 is 1.83 bits per heavy atom. The Bertz CT molecular complexity index is 511. The lowest BCUT2D eigenvalue weighted by Crippen LogP contribution is -2.05. The topological polar surface area (TPSA) is 34.1 Å². The van der Waals surface area contributed by atoms with E-state index in [-0.39, 0.29) is 6.10 Å². The van der Waals surface area contributed by atoms with Gasteiger partial charge in [0.1, 0.15) is 16.7 Å². The second-order valence-corrected chi connectivity index (χ2v) is 4.55. The van der Waals surface area contributed by atoms with E-state index in [1.165, 1.54) is 0 Å². The summed E-state index contributed by atoms with van der Waals surface area (Å²) in [7, 11) is 0. The number of hydrogen-bond acceptors (Lipinski definition) is 3. The number of benzene rings is 1. The molecule has 1 aromatic carbocycles. The molecule has 0 radical (unpaired) electrons. The lowest BCUT2D eigenvalue weighted by atomic mass is 10.3. The minimum absolute atomic E-state index is 0.179. The molecule has 0 atom stereocenters. The minimum Gasteiger partial charge on any atom is -0.491 e. The zero-order valence-electron chi connectivity index (χ0n) is 10.4. The van der Waals surface area contributed by atoms with Crippen LogP contribution in [0.3, 0.4) is 0 Å². The molecule has 0 saturated carbocycles. The van der Waals surface area contributed by atoms with Crippen molar-refractivity contribution in [2.24, 2.45) is 0 Å². The van der Waals surface area contributed by atoms with E-state index in [2.05, 4.69) is 10.3 Å². The molecule has 2 rings (SSSR count). The number of hydrogen-bond donors (Lipinski definition) is 1. The van der Waals surface area contributed by atoms with Gasteiger partial charge in [0.2, 0.25) is 0 Å². The molecular weight excluding hydrogens is 248 g/mol. The van der Waals surface area contributed by atoms with Crippen molar-refractivity contribution in [3.8, 4) is 5.75 Å². The van der Waals surface area contributed by atoms with E-state index >= 15 is 0 Å². The van der Waals surface area contributed by atoms with Gasteiger partial charge in [0, 0.05) is 5.69 Å². The summed E-state index contributed by atoms with van der Waals surface area (Å²) in [6.45, 7) is 4.00. The van der Waals surface area contributed by atoms with Crippen LogP contribution in [-0.4, -0.2) is 11.1 Å². The van der Waals surface area contributed by atoms with Crippen molar-refractivity contribution >= 4 is 23.1 Å². The van der Waals surface area contributed by atoms with Crippen LogP contribution in [0.1, 0.15) is 13.8 Å². The van der Waals surface area contributed by atoms with E-state index in [0.717, 1.165) is 17.3 Å². The van der Waals surface area contributed by atoms with Crippen LogP contribution in [-0.2, 0) is 0 Å². The van der Waals surface area contributed by atoms with Gasteiger partial charge in [0.05, 0.1) is 6.10 Å². The summed E-state index contributed by atoms with van der Waals surface area (Å²) in [6.07, 6.45) is 0.179. The van der Waals surface area contributed by atoms with Gasteiger partial charge in [-0.25, -0.2) is 4.98 Å². The molecule has 18 heavy (non-hydrogen) atoms. The van der Waals surface area contributed by atoms with E-state index < -0.39 is 0 Å². The first kappa shape index (κ1) is 12.7. The molecule has 4 heteroatoms. The highest BCUT2D eigenvalue weighted by atomic mass is 35.5. The van der Waals surface area contributed by atoms with Gasteiger partial charge in [0.15, 0.2) is 0 Å². The molecule has 0 amide bonds. The predicted molar refractivity (Wildman–Crippen MR) is 74.7 cm³/mol. The molecule has 1 aromatic heterocycles. The van der Waals surface area contributed by atoms with Gasteiger partial charge in [-0.3, -0.25) is 0 Å². The minimum atomic E-state index is 0.179. The Balaban J connectivity index is 2.06. The van der Waals surface area contributed by atoms with Gasteiger partial charge < -0.3 is 10.1 Å². The van der Waals surface area contributed by atoms with Crippen molar-refractivity contribution in [2.45, 2.75) is 20.0 Å². The highest BCUT2D eigenvalue weighted by molar-refractivity contribution is 6.29. The largest absolute Gasteiger partial charge is 0.491 e. The Morgan fingerprint density at radius 3 is 2.44 bits per heavy atom. The molecule has 1 N–H and O–H groups in total. The average molecular weight is 263 g/mol. The van der Waals surface area contributed by atoms with Crippen LogP contribution in [0.25, 0.3) is 0 Å².